The van der Waals surface area contributed by atoms with E-state index in [-0.39, 0.29) is 0 Å². The summed E-state index contributed by atoms with van der Waals surface area (Å²) in [5, 5.41) is 3.25. The van der Waals surface area contributed by atoms with Crippen LogP contribution in [0.15, 0.2) is 47.6 Å². The van der Waals surface area contributed by atoms with E-state index in [9.17, 15) is 0 Å². The molecule has 0 bridgehead atoms. The number of nitrogens with one attached hydrogen (secondary N) is 1. The lowest BCUT2D eigenvalue weighted by Crippen LogP contribution is -2.11. The van der Waals surface area contributed by atoms with Crippen molar-refractivity contribution in [3.8, 4) is 0 Å². The second-order valence-corrected chi connectivity index (χ2v) is 5.79. The van der Waals surface area contributed by atoms with Crippen LogP contribution in [0.4, 0.5) is 0 Å². The summed E-state index contributed by atoms with van der Waals surface area (Å²) in [7, 11) is 1.98. The third-order valence-corrected chi connectivity index (χ3v) is 4.23. The Kier molecular flexibility index (Phi) is 5.00. The first-order valence-corrected chi connectivity index (χ1v) is 7.48. The summed E-state index contributed by atoms with van der Waals surface area (Å²) in [6.07, 6.45) is 3.83. The molecule has 1 atom stereocenters. The van der Waals surface area contributed by atoms with Gasteiger partial charge in [0.25, 0.3) is 0 Å². The summed E-state index contributed by atoms with van der Waals surface area (Å²) in [5.74, 6) is 0.968. The second-order valence-electron chi connectivity index (χ2n) is 4.74. The molecule has 3 heteroatoms. The van der Waals surface area contributed by atoms with Gasteiger partial charge in [-0.2, -0.15) is 0 Å². The van der Waals surface area contributed by atoms with Crippen LogP contribution in [-0.4, -0.2) is 12.0 Å². The summed E-state index contributed by atoms with van der Waals surface area (Å²) >= 11 is 1.85. The molecule has 2 aromatic rings. The number of benzene rings is 1. The molecule has 0 saturated heterocycles. The number of pyridine rings is 1. The van der Waals surface area contributed by atoms with E-state index in [2.05, 4.69) is 54.5 Å². The Hall–Kier alpha value is -1.32. The lowest BCUT2D eigenvalue weighted by Gasteiger charge is -2.11. The van der Waals surface area contributed by atoms with Crippen molar-refractivity contribution in [1.82, 2.24) is 10.3 Å². The molecule has 0 amide bonds. The number of thioether (sulfide) groups is 1. The molecule has 0 fully saturated rings. The highest BCUT2D eigenvalue weighted by molar-refractivity contribution is 7.98. The molecular formula is C16H20N2S. The van der Waals surface area contributed by atoms with E-state index in [0.29, 0.717) is 6.04 Å². The minimum Gasteiger partial charge on any atom is -0.313 e. The molecular weight excluding hydrogens is 252 g/mol. The van der Waals surface area contributed by atoms with Gasteiger partial charge < -0.3 is 5.32 Å². The van der Waals surface area contributed by atoms with Crippen LogP contribution in [0.3, 0.4) is 0 Å². The van der Waals surface area contributed by atoms with Crippen LogP contribution in [0.25, 0.3) is 0 Å². The number of hydrogen-bond donors (Lipinski definition) is 1. The van der Waals surface area contributed by atoms with Crippen molar-refractivity contribution in [2.24, 2.45) is 0 Å². The average Bonchev–Trinajstić information content (AvgIpc) is 2.45. The highest BCUT2D eigenvalue weighted by atomic mass is 32.2. The Morgan fingerprint density at radius 3 is 2.58 bits per heavy atom. The summed E-state index contributed by atoms with van der Waals surface area (Å²) in [6.45, 7) is 4.25. The van der Waals surface area contributed by atoms with E-state index in [4.69, 9.17) is 0 Å². The Bertz CT molecular complexity index is 523. The normalized spacial score (nSPS) is 12.4. The Balaban J connectivity index is 1.96. The van der Waals surface area contributed by atoms with Gasteiger partial charge in [0.1, 0.15) is 0 Å². The number of nitrogens with zero attached hydrogens (tertiary/aromatic N) is 1. The zero-order chi connectivity index (χ0) is 13.7. The molecule has 0 radical (unpaired) electrons. The monoisotopic (exact) mass is 272 g/mol. The maximum absolute atomic E-state index is 4.22. The van der Waals surface area contributed by atoms with Crippen LogP contribution < -0.4 is 5.32 Å². The van der Waals surface area contributed by atoms with Gasteiger partial charge in [0.2, 0.25) is 0 Å². The fourth-order valence-corrected chi connectivity index (χ4v) is 2.70. The van der Waals surface area contributed by atoms with Crippen LogP contribution >= 0.6 is 11.8 Å². The van der Waals surface area contributed by atoms with Crippen LogP contribution in [0.2, 0.25) is 0 Å². The van der Waals surface area contributed by atoms with Crippen molar-refractivity contribution in [3.63, 3.8) is 0 Å². The number of aromatic nitrogens is 1. The van der Waals surface area contributed by atoms with Gasteiger partial charge >= 0.3 is 0 Å². The van der Waals surface area contributed by atoms with E-state index < -0.39 is 0 Å². The molecule has 0 spiro atoms. The first-order chi connectivity index (χ1) is 9.19. The van der Waals surface area contributed by atoms with E-state index in [1.54, 1.807) is 0 Å². The molecule has 0 aliphatic rings. The van der Waals surface area contributed by atoms with Crippen molar-refractivity contribution >= 4 is 11.8 Å². The maximum atomic E-state index is 4.22. The van der Waals surface area contributed by atoms with Gasteiger partial charge in [0.15, 0.2) is 0 Å². The molecule has 19 heavy (non-hydrogen) atoms. The van der Waals surface area contributed by atoms with Gasteiger partial charge in [-0.1, -0.05) is 18.2 Å². The lowest BCUT2D eigenvalue weighted by molar-refractivity contribution is 0.652. The number of hydrogen-bond acceptors (Lipinski definition) is 3. The van der Waals surface area contributed by atoms with E-state index in [1.165, 1.54) is 21.6 Å². The van der Waals surface area contributed by atoms with Gasteiger partial charge in [0, 0.05) is 29.1 Å². The van der Waals surface area contributed by atoms with Gasteiger partial charge in [-0.25, -0.2) is 0 Å². The minimum absolute atomic E-state index is 0.403. The quantitative estimate of drug-likeness (QED) is 0.834. The predicted molar refractivity (Wildman–Crippen MR) is 82.5 cm³/mol. The fourth-order valence-electron chi connectivity index (χ4n) is 1.88. The zero-order valence-corrected chi connectivity index (χ0v) is 12.5. The van der Waals surface area contributed by atoms with Crippen LogP contribution in [-0.2, 0) is 5.75 Å². The second kappa shape index (κ2) is 6.73. The minimum atomic E-state index is 0.403. The number of rotatable bonds is 5. The van der Waals surface area contributed by atoms with E-state index in [0.717, 1.165) is 5.75 Å². The Morgan fingerprint density at radius 1 is 1.21 bits per heavy atom. The van der Waals surface area contributed by atoms with Gasteiger partial charge in [0.05, 0.1) is 0 Å². The molecule has 0 saturated carbocycles. The van der Waals surface area contributed by atoms with Gasteiger partial charge in [-0.05, 0) is 49.7 Å². The lowest BCUT2D eigenvalue weighted by atomic mass is 10.1. The first kappa shape index (κ1) is 14.1. The molecule has 1 aromatic heterocycles. The number of aryl methyl sites for hydroxylation is 1. The molecule has 2 rings (SSSR count). The topological polar surface area (TPSA) is 24.9 Å². The SMILES string of the molecule is CNC(C)c1ccc(SCc2cncc(C)c2)cc1. The predicted octanol–water partition coefficient (Wildman–Crippen LogP) is 3.96. The first-order valence-electron chi connectivity index (χ1n) is 6.49. The molecule has 100 valence electrons. The highest BCUT2D eigenvalue weighted by Gasteiger charge is 2.02. The highest BCUT2D eigenvalue weighted by Crippen LogP contribution is 2.24. The van der Waals surface area contributed by atoms with Crippen LogP contribution in [0.1, 0.15) is 29.7 Å². The van der Waals surface area contributed by atoms with Crippen molar-refractivity contribution in [2.45, 2.75) is 30.5 Å². The van der Waals surface area contributed by atoms with Crippen molar-refractivity contribution in [1.29, 1.82) is 0 Å². The standard InChI is InChI=1S/C16H20N2S/c1-12-8-14(10-18-9-12)11-19-16-6-4-15(5-7-16)13(2)17-3/h4-10,13,17H,11H2,1-3H3. The molecule has 1 aromatic carbocycles. The summed E-state index contributed by atoms with van der Waals surface area (Å²) < 4.78 is 0. The average molecular weight is 272 g/mol. The molecule has 0 aliphatic heterocycles. The molecule has 1 N–H and O–H groups in total. The third-order valence-electron chi connectivity index (χ3n) is 3.15. The van der Waals surface area contributed by atoms with Crippen molar-refractivity contribution in [2.75, 3.05) is 7.05 Å². The van der Waals surface area contributed by atoms with Crippen LogP contribution in [0.5, 0.6) is 0 Å². The summed E-state index contributed by atoms with van der Waals surface area (Å²) in [5.41, 5.74) is 3.82. The smallest absolute Gasteiger partial charge is 0.0308 e. The Morgan fingerprint density at radius 2 is 1.95 bits per heavy atom. The zero-order valence-electron chi connectivity index (χ0n) is 11.7. The van der Waals surface area contributed by atoms with Gasteiger partial charge in [-0.3, -0.25) is 4.98 Å². The van der Waals surface area contributed by atoms with E-state index in [1.807, 2.05) is 31.2 Å². The van der Waals surface area contributed by atoms with E-state index >= 15 is 0 Å². The summed E-state index contributed by atoms with van der Waals surface area (Å²) in [4.78, 5) is 5.52. The Labute approximate surface area is 119 Å². The third kappa shape index (κ3) is 4.08. The molecule has 1 unspecified atom stereocenters. The maximum Gasteiger partial charge on any atom is 0.0308 e. The van der Waals surface area contributed by atoms with Crippen molar-refractivity contribution in [3.05, 3.63) is 59.4 Å². The summed E-state index contributed by atoms with van der Waals surface area (Å²) in [6, 6.07) is 11.4. The molecule has 0 aliphatic carbocycles. The molecule has 1 heterocycles. The fraction of sp³-hybridized carbons (Fsp3) is 0.312. The van der Waals surface area contributed by atoms with Crippen molar-refractivity contribution < 1.29 is 0 Å². The van der Waals surface area contributed by atoms with Crippen LogP contribution in [0, 0.1) is 6.92 Å². The molecule has 2 nitrogen and oxygen atoms in total. The van der Waals surface area contributed by atoms with Gasteiger partial charge in [-0.15, -0.1) is 11.8 Å². The largest absolute Gasteiger partial charge is 0.313 e.